The number of rotatable bonds is 17. The molecule has 1 heterocycles. The number of amides is 4. The number of nitrogens with one attached hydrogen (secondary N) is 3. The number of nitrogens with zero attached hydrogens (tertiary/aromatic N) is 2. The lowest BCUT2D eigenvalue weighted by Crippen LogP contribution is -2.62. The largest absolute Gasteiger partial charge is 0.480 e. The number of ether oxygens (including phenoxy) is 3. The third kappa shape index (κ3) is 15.1. The van der Waals surface area contributed by atoms with Crippen molar-refractivity contribution in [3.8, 4) is 0 Å². The summed E-state index contributed by atoms with van der Waals surface area (Å²) in [5.74, 6) is -2.20. The van der Waals surface area contributed by atoms with Crippen molar-refractivity contribution in [2.75, 3.05) is 19.6 Å². The van der Waals surface area contributed by atoms with Gasteiger partial charge in [-0.15, -0.1) is 0 Å². The highest BCUT2D eigenvalue weighted by Gasteiger charge is 2.38. The number of carboxylic acids is 1. The summed E-state index contributed by atoms with van der Waals surface area (Å²) in [6, 6.07) is 14.6. The molecule has 0 radical (unpaired) electrons. The minimum absolute atomic E-state index is 0.0206. The fourth-order valence-electron chi connectivity index (χ4n) is 5.53. The molecule has 2 aromatic carbocycles. The van der Waals surface area contributed by atoms with Crippen molar-refractivity contribution in [1.82, 2.24) is 26.0 Å². The van der Waals surface area contributed by atoms with E-state index in [9.17, 15) is 33.9 Å². The molecule has 4 N–H and O–H groups in total. The van der Waals surface area contributed by atoms with Crippen LogP contribution < -0.4 is 16.1 Å². The predicted molar refractivity (Wildman–Crippen MR) is 194 cm³/mol. The molecule has 0 aliphatic carbocycles. The Bertz CT molecular complexity index is 1520. The van der Waals surface area contributed by atoms with Gasteiger partial charge in [-0.2, -0.15) is 0 Å². The van der Waals surface area contributed by atoms with Gasteiger partial charge in [-0.05, 0) is 69.9 Å². The Morgan fingerprint density at radius 2 is 1.51 bits per heavy atom. The number of carboxylic acid groups (broad SMARTS) is 1. The first-order valence-corrected chi connectivity index (χ1v) is 17.9. The highest BCUT2D eigenvalue weighted by Crippen LogP contribution is 2.17. The molecule has 1 saturated heterocycles. The molecule has 0 saturated carbocycles. The maximum atomic E-state index is 13.6. The molecule has 0 spiro atoms. The summed E-state index contributed by atoms with van der Waals surface area (Å²) in [6.45, 7) is 8.90. The number of alkyl carbamates (subject to hydrolysis) is 2. The van der Waals surface area contributed by atoms with E-state index in [1.165, 1.54) is 4.90 Å². The summed E-state index contributed by atoms with van der Waals surface area (Å²) in [5, 5.41) is 16.3. The van der Waals surface area contributed by atoms with Gasteiger partial charge in [0.2, 0.25) is 5.91 Å². The Morgan fingerprint density at radius 1 is 0.906 bits per heavy atom. The average Bonchev–Trinajstić information content (AvgIpc) is 3.10. The molecule has 4 amide bonds. The van der Waals surface area contributed by atoms with Crippen molar-refractivity contribution in [2.24, 2.45) is 5.92 Å². The van der Waals surface area contributed by atoms with Crippen LogP contribution in [0.5, 0.6) is 0 Å². The average molecular weight is 740 g/mol. The number of likely N-dealkylation sites (tertiary alicyclic amines) is 1. The van der Waals surface area contributed by atoms with Crippen LogP contribution in [0.25, 0.3) is 0 Å². The summed E-state index contributed by atoms with van der Waals surface area (Å²) in [4.78, 5) is 79.0. The van der Waals surface area contributed by atoms with E-state index in [1.54, 1.807) is 51.1 Å². The van der Waals surface area contributed by atoms with Gasteiger partial charge in [0.05, 0.1) is 12.6 Å². The van der Waals surface area contributed by atoms with E-state index in [0.717, 1.165) is 10.6 Å². The molecule has 3 atom stereocenters. The standard InChI is InChI=1S/C38H53N5O10/c1-26(2)22-30(40-36(49)51-24-27-14-8-6-9-15-27)33(45)42-21-19-29(32(44)23-42)41-43(37(50)52-25-28-16-10-7-11-17-28)31(34(46)47)18-12-13-20-39-35(48)53-38(3,4)5/h6-11,14-17,26,29-31,41H,12-13,18-25H2,1-5H3,(H,39,48)(H,40,49)(H,46,47)/t29?,30-,31-/m0/s1. The van der Waals surface area contributed by atoms with Crippen LogP contribution in [-0.4, -0.2) is 94.3 Å². The Kier molecular flexibility index (Phi) is 16.5. The second kappa shape index (κ2) is 20.8. The molecule has 3 rings (SSSR count). The molecular weight excluding hydrogens is 686 g/mol. The van der Waals surface area contributed by atoms with Crippen LogP contribution in [0.2, 0.25) is 0 Å². The smallest absolute Gasteiger partial charge is 0.425 e. The Morgan fingerprint density at radius 3 is 2.06 bits per heavy atom. The molecule has 1 aliphatic rings. The van der Waals surface area contributed by atoms with Crippen molar-refractivity contribution in [3.05, 3.63) is 71.8 Å². The number of Topliss-reactive ketones (excluding diaryl/α,β-unsaturated/α-hetero) is 1. The fraction of sp³-hybridized carbons (Fsp3) is 0.526. The van der Waals surface area contributed by atoms with Gasteiger partial charge in [-0.1, -0.05) is 74.5 Å². The molecule has 1 unspecified atom stereocenters. The molecule has 290 valence electrons. The zero-order chi connectivity index (χ0) is 39.0. The molecule has 0 bridgehead atoms. The second-order valence-electron chi connectivity index (χ2n) is 14.3. The third-order valence-electron chi connectivity index (χ3n) is 8.11. The van der Waals surface area contributed by atoms with E-state index in [-0.39, 0.29) is 51.6 Å². The first-order chi connectivity index (χ1) is 25.1. The SMILES string of the molecule is CC(C)C[C@H](NC(=O)OCc1ccccc1)C(=O)N1CCC(NN(C(=O)OCc2ccccc2)[C@@H](CCCCNC(=O)OC(C)(C)C)C(=O)O)C(=O)C1. The lowest BCUT2D eigenvalue weighted by atomic mass is 9.99. The summed E-state index contributed by atoms with van der Waals surface area (Å²) in [7, 11) is 0. The monoisotopic (exact) mass is 739 g/mol. The highest BCUT2D eigenvalue weighted by molar-refractivity contribution is 5.93. The lowest BCUT2D eigenvalue weighted by Gasteiger charge is -2.37. The molecule has 2 aromatic rings. The van der Waals surface area contributed by atoms with Gasteiger partial charge in [0.15, 0.2) is 5.78 Å². The van der Waals surface area contributed by atoms with Gasteiger partial charge in [0.1, 0.15) is 30.9 Å². The van der Waals surface area contributed by atoms with Crippen molar-refractivity contribution in [3.63, 3.8) is 0 Å². The Labute approximate surface area is 310 Å². The number of benzene rings is 2. The van der Waals surface area contributed by atoms with Crippen LogP contribution in [0.3, 0.4) is 0 Å². The number of piperidine rings is 1. The predicted octanol–water partition coefficient (Wildman–Crippen LogP) is 4.79. The van der Waals surface area contributed by atoms with E-state index in [4.69, 9.17) is 14.2 Å². The molecule has 1 fully saturated rings. The number of unbranched alkanes of at least 4 members (excludes halogenated alkanes) is 1. The lowest BCUT2D eigenvalue weighted by molar-refractivity contribution is -0.146. The summed E-state index contributed by atoms with van der Waals surface area (Å²) >= 11 is 0. The summed E-state index contributed by atoms with van der Waals surface area (Å²) in [6.07, 6.45) is -1.32. The Balaban J connectivity index is 1.66. The topological polar surface area (TPSA) is 193 Å². The van der Waals surface area contributed by atoms with E-state index < -0.39 is 59.7 Å². The minimum atomic E-state index is -1.42. The van der Waals surface area contributed by atoms with Crippen molar-refractivity contribution in [1.29, 1.82) is 0 Å². The van der Waals surface area contributed by atoms with Crippen LogP contribution in [0.4, 0.5) is 14.4 Å². The van der Waals surface area contributed by atoms with E-state index in [0.29, 0.717) is 24.8 Å². The number of ketones is 1. The third-order valence-corrected chi connectivity index (χ3v) is 8.11. The first-order valence-electron chi connectivity index (χ1n) is 17.9. The van der Waals surface area contributed by atoms with Crippen molar-refractivity contribution in [2.45, 2.75) is 104 Å². The van der Waals surface area contributed by atoms with E-state index >= 15 is 0 Å². The first kappa shape index (κ1) is 42.2. The second-order valence-corrected chi connectivity index (χ2v) is 14.3. The van der Waals surface area contributed by atoms with Crippen LogP contribution >= 0.6 is 0 Å². The molecule has 0 aromatic heterocycles. The molecular formula is C38H53N5O10. The minimum Gasteiger partial charge on any atom is -0.480 e. The van der Waals surface area contributed by atoms with Gasteiger partial charge < -0.3 is 34.9 Å². The Hall–Kier alpha value is -5.18. The normalized spacial score (nSPS) is 15.5. The zero-order valence-corrected chi connectivity index (χ0v) is 31.2. The zero-order valence-electron chi connectivity index (χ0n) is 31.2. The van der Waals surface area contributed by atoms with Crippen LogP contribution in [-0.2, 0) is 41.8 Å². The van der Waals surface area contributed by atoms with Gasteiger partial charge in [-0.3, -0.25) is 9.59 Å². The quantitative estimate of drug-likeness (QED) is 0.0991. The van der Waals surface area contributed by atoms with Crippen LogP contribution in [0.1, 0.15) is 77.8 Å². The molecule has 15 nitrogen and oxygen atoms in total. The fourth-order valence-corrected chi connectivity index (χ4v) is 5.53. The number of hydrogen-bond acceptors (Lipinski definition) is 10. The van der Waals surface area contributed by atoms with Gasteiger partial charge in [0, 0.05) is 13.1 Å². The number of aliphatic carboxylic acids is 1. The van der Waals surface area contributed by atoms with Crippen LogP contribution in [0, 0.1) is 5.92 Å². The number of carbonyl (C=O) groups is 6. The van der Waals surface area contributed by atoms with Gasteiger partial charge >= 0.3 is 24.2 Å². The maximum Gasteiger partial charge on any atom is 0.425 e. The number of hydrogen-bond donors (Lipinski definition) is 4. The van der Waals surface area contributed by atoms with Crippen molar-refractivity contribution < 1.29 is 48.1 Å². The number of hydrazine groups is 1. The highest BCUT2D eigenvalue weighted by atomic mass is 16.6. The van der Waals surface area contributed by atoms with Gasteiger partial charge in [0.25, 0.3) is 0 Å². The molecule has 15 heteroatoms. The maximum absolute atomic E-state index is 13.6. The van der Waals surface area contributed by atoms with E-state index in [1.807, 2.05) is 44.2 Å². The molecule has 1 aliphatic heterocycles. The van der Waals surface area contributed by atoms with Crippen molar-refractivity contribution >= 4 is 35.9 Å². The summed E-state index contributed by atoms with van der Waals surface area (Å²) < 4.78 is 16.0. The number of carbonyl (C=O) groups excluding carboxylic acids is 5. The summed E-state index contributed by atoms with van der Waals surface area (Å²) in [5.41, 5.74) is 3.60. The van der Waals surface area contributed by atoms with Crippen LogP contribution in [0.15, 0.2) is 60.7 Å². The molecule has 53 heavy (non-hydrogen) atoms. The van der Waals surface area contributed by atoms with Gasteiger partial charge in [-0.25, -0.2) is 29.6 Å². The van der Waals surface area contributed by atoms with E-state index in [2.05, 4.69) is 16.1 Å².